The minimum atomic E-state index is -0.166. The number of benzene rings is 1. The summed E-state index contributed by atoms with van der Waals surface area (Å²) in [5.74, 6) is 0.863. The number of hydrogen-bond acceptors (Lipinski definition) is 3. The van der Waals surface area contributed by atoms with Gasteiger partial charge >= 0.3 is 5.97 Å². The lowest BCUT2D eigenvalue weighted by Gasteiger charge is -2.16. The van der Waals surface area contributed by atoms with Crippen LogP contribution < -0.4 is 4.74 Å². The second-order valence-electron chi connectivity index (χ2n) is 4.08. The van der Waals surface area contributed by atoms with Crippen LogP contribution in [0.4, 0.5) is 0 Å². The van der Waals surface area contributed by atoms with Gasteiger partial charge in [-0.2, -0.15) is 0 Å². The van der Waals surface area contributed by atoms with E-state index in [1.54, 1.807) is 7.11 Å². The highest BCUT2D eigenvalue weighted by Gasteiger charge is 2.39. The van der Waals surface area contributed by atoms with Gasteiger partial charge in [-0.3, -0.25) is 4.79 Å². The first kappa shape index (κ1) is 11.0. The van der Waals surface area contributed by atoms with E-state index < -0.39 is 0 Å². The Labute approximate surface area is 95.4 Å². The molecular weight excluding hydrogens is 204 g/mol. The monoisotopic (exact) mass is 220 g/mol. The molecule has 1 aliphatic rings. The van der Waals surface area contributed by atoms with Crippen LogP contribution >= 0.6 is 0 Å². The molecule has 1 atom stereocenters. The molecule has 16 heavy (non-hydrogen) atoms. The highest BCUT2D eigenvalue weighted by molar-refractivity contribution is 5.80. The van der Waals surface area contributed by atoms with Gasteiger partial charge in [-0.05, 0) is 24.8 Å². The molecule has 1 saturated carbocycles. The second-order valence-corrected chi connectivity index (χ2v) is 4.08. The Bertz CT molecular complexity index is 383. The largest absolute Gasteiger partial charge is 0.496 e. The molecule has 0 saturated heterocycles. The van der Waals surface area contributed by atoms with Crippen LogP contribution in [0.3, 0.4) is 0 Å². The Morgan fingerprint density at radius 1 is 1.31 bits per heavy atom. The van der Waals surface area contributed by atoms with Crippen molar-refractivity contribution in [1.29, 1.82) is 0 Å². The topological polar surface area (TPSA) is 35.5 Å². The van der Waals surface area contributed by atoms with Crippen LogP contribution in [0.15, 0.2) is 24.3 Å². The van der Waals surface area contributed by atoms with Crippen LogP contribution in [0, 0.1) is 5.92 Å². The molecule has 1 aromatic carbocycles. The molecule has 0 spiro atoms. The second kappa shape index (κ2) is 4.56. The average Bonchev–Trinajstić information content (AvgIpc) is 3.14. The predicted molar refractivity (Wildman–Crippen MR) is 60.5 cm³/mol. The number of rotatable bonds is 4. The third-order valence-electron chi connectivity index (χ3n) is 3.02. The maximum atomic E-state index is 11.8. The molecule has 3 heteroatoms. The Hall–Kier alpha value is -1.51. The Balaban J connectivity index is 2.34. The van der Waals surface area contributed by atoms with Crippen LogP contribution in [0.1, 0.15) is 24.3 Å². The molecule has 0 N–H and O–H groups in total. The minimum Gasteiger partial charge on any atom is -0.496 e. The van der Waals surface area contributed by atoms with Crippen LogP contribution in [-0.4, -0.2) is 20.2 Å². The smallest absolute Gasteiger partial charge is 0.313 e. The van der Waals surface area contributed by atoms with Crippen molar-refractivity contribution < 1.29 is 14.3 Å². The maximum Gasteiger partial charge on any atom is 0.313 e. The fraction of sp³-hybridized carbons (Fsp3) is 0.462. The van der Waals surface area contributed by atoms with E-state index in [-0.39, 0.29) is 11.9 Å². The van der Waals surface area contributed by atoms with Gasteiger partial charge in [-0.15, -0.1) is 0 Å². The number of carbonyl (C=O) groups excluding carboxylic acids is 1. The molecule has 3 nitrogen and oxygen atoms in total. The van der Waals surface area contributed by atoms with E-state index in [1.807, 2.05) is 24.3 Å². The van der Waals surface area contributed by atoms with E-state index in [2.05, 4.69) is 0 Å². The van der Waals surface area contributed by atoms with Crippen LogP contribution in [0.5, 0.6) is 5.75 Å². The zero-order valence-electron chi connectivity index (χ0n) is 9.60. The molecule has 86 valence electrons. The van der Waals surface area contributed by atoms with Gasteiger partial charge < -0.3 is 9.47 Å². The molecule has 0 radical (unpaired) electrons. The molecule has 1 unspecified atom stereocenters. The summed E-state index contributed by atoms with van der Waals surface area (Å²) >= 11 is 0. The van der Waals surface area contributed by atoms with Gasteiger partial charge in [0.25, 0.3) is 0 Å². The Kier molecular flexibility index (Phi) is 3.13. The molecule has 2 rings (SSSR count). The standard InChI is InChI=1S/C13H16O3/c1-15-11-6-4-3-5-10(11)12(9-7-8-9)13(14)16-2/h3-6,9,12H,7-8H2,1-2H3. The SMILES string of the molecule is COC(=O)C(c1ccccc1OC)C1CC1. The van der Waals surface area contributed by atoms with E-state index in [1.165, 1.54) is 7.11 Å². The van der Waals surface area contributed by atoms with E-state index in [9.17, 15) is 4.79 Å². The lowest BCUT2D eigenvalue weighted by molar-refractivity contribution is -0.143. The molecule has 1 aromatic rings. The van der Waals surface area contributed by atoms with Crippen LogP contribution in [0.2, 0.25) is 0 Å². The third kappa shape index (κ3) is 2.03. The lowest BCUT2D eigenvalue weighted by Crippen LogP contribution is -2.17. The van der Waals surface area contributed by atoms with Gasteiger partial charge in [0.15, 0.2) is 0 Å². The number of hydrogen-bond donors (Lipinski definition) is 0. The summed E-state index contributed by atoms with van der Waals surface area (Å²) in [6.07, 6.45) is 2.19. The normalized spacial score (nSPS) is 16.6. The van der Waals surface area contributed by atoms with Gasteiger partial charge in [0.05, 0.1) is 20.1 Å². The lowest BCUT2D eigenvalue weighted by atomic mass is 9.93. The van der Waals surface area contributed by atoms with Gasteiger partial charge in [0.1, 0.15) is 5.75 Å². The maximum absolute atomic E-state index is 11.8. The van der Waals surface area contributed by atoms with Crippen molar-refractivity contribution in [2.24, 2.45) is 5.92 Å². The summed E-state index contributed by atoms with van der Waals surface area (Å²) in [5.41, 5.74) is 0.944. The molecular formula is C13H16O3. The Morgan fingerprint density at radius 3 is 2.56 bits per heavy atom. The molecule has 0 aliphatic heterocycles. The number of esters is 1. The van der Waals surface area contributed by atoms with Crippen molar-refractivity contribution >= 4 is 5.97 Å². The van der Waals surface area contributed by atoms with Crippen molar-refractivity contribution in [3.05, 3.63) is 29.8 Å². The first-order valence-corrected chi connectivity index (χ1v) is 5.48. The Morgan fingerprint density at radius 2 is 2.00 bits per heavy atom. The number of para-hydroxylation sites is 1. The minimum absolute atomic E-state index is 0.160. The zero-order chi connectivity index (χ0) is 11.5. The molecule has 0 aromatic heterocycles. The molecule has 1 fully saturated rings. The van der Waals surface area contributed by atoms with Gasteiger partial charge in [0.2, 0.25) is 0 Å². The number of ether oxygens (including phenoxy) is 2. The van der Waals surface area contributed by atoms with Crippen molar-refractivity contribution in [3.63, 3.8) is 0 Å². The summed E-state index contributed by atoms with van der Waals surface area (Å²) in [6.45, 7) is 0. The number of methoxy groups -OCH3 is 2. The van der Waals surface area contributed by atoms with Crippen LogP contribution in [-0.2, 0) is 9.53 Å². The van der Waals surface area contributed by atoms with Gasteiger partial charge in [-0.1, -0.05) is 18.2 Å². The van der Waals surface area contributed by atoms with E-state index in [0.29, 0.717) is 5.92 Å². The quantitative estimate of drug-likeness (QED) is 0.731. The van der Waals surface area contributed by atoms with E-state index in [4.69, 9.17) is 9.47 Å². The van der Waals surface area contributed by atoms with E-state index >= 15 is 0 Å². The predicted octanol–water partition coefficient (Wildman–Crippen LogP) is 2.36. The fourth-order valence-corrected chi connectivity index (χ4v) is 2.05. The average molecular weight is 220 g/mol. The molecule has 1 aliphatic carbocycles. The van der Waals surface area contributed by atoms with Crippen molar-refractivity contribution in [3.8, 4) is 5.75 Å². The molecule has 0 bridgehead atoms. The first-order chi connectivity index (χ1) is 7.77. The summed E-state index contributed by atoms with van der Waals surface area (Å²) in [6, 6.07) is 7.66. The van der Waals surface area contributed by atoms with E-state index in [0.717, 1.165) is 24.2 Å². The van der Waals surface area contributed by atoms with Gasteiger partial charge in [0, 0.05) is 5.56 Å². The third-order valence-corrected chi connectivity index (χ3v) is 3.02. The summed E-state index contributed by atoms with van der Waals surface area (Å²) in [5, 5.41) is 0. The zero-order valence-corrected chi connectivity index (χ0v) is 9.60. The van der Waals surface area contributed by atoms with Gasteiger partial charge in [-0.25, -0.2) is 0 Å². The van der Waals surface area contributed by atoms with Crippen molar-refractivity contribution in [2.75, 3.05) is 14.2 Å². The van der Waals surface area contributed by atoms with Crippen molar-refractivity contribution in [2.45, 2.75) is 18.8 Å². The fourth-order valence-electron chi connectivity index (χ4n) is 2.05. The summed E-state index contributed by atoms with van der Waals surface area (Å²) < 4.78 is 10.2. The number of carbonyl (C=O) groups is 1. The first-order valence-electron chi connectivity index (χ1n) is 5.48. The summed E-state index contributed by atoms with van der Waals surface area (Å²) in [7, 11) is 3.06. The van der Waals surface area contributed by atoms with Crippen molar-refractivity contribution in [1.82, 2.24) is 0 Å². The molecule has 0 amide bonds. The van der Waals surface area contributed by atoms with Crippen LogP contribution in [0.25, 0.3) is 0 Å². The molecule has 0 heterocycles. The highest BCUT2D eigenvalue weighted by atomic mass is 16.5. The highest BCUT2D eigenvalue weighted by Crippen LogP contribution is 2.45. The summed E-state index contributed by atoms with van der Waals surface area (Å²) in [4.78, 5) is 11.8.